The Morgan fingerprint density at radius 1 is 0.455 bits per heavy atom. The van der Waals surface area contributed by atoms with Crippen molar-refractivity contribution in [1.82, 2.24) is 0 Å². The molecule has 0 aromatic rings. The normalized spacial score (nSPS) is 11.5. The van der Waals surface area contributed by atoms with Gasteiger partial charge < -0.3 is 9.47 Å². The molecule has 4 nitrogen and oxygen atoms in total. The van der Waals surface area contributed by atoms with Crippen molar-refractivity contribution in [3.8, 4) is 0 Å². The smallest absolute Gasteiger partial charge is 0.322 e. The summed E-state index contributed by atoms with van der Waals surface area (Å²) in [5.74, 6) is -0.946. The molecule has 0 heterocycles. The fourth-order valence-corrected chi connectivity index (χ4v) is 3.95. The van der Waals surface area contributed by atoms with Gasteiger partial charge in [0.2, 0.25) is 0 Å². The average molecular weight is 469 g/mol. The van der Waals surface area contributed by atoms with E-state index in [0.29, 0.717) is 13.2 Å². The van der Waals surface area contributed by atoms with Crippen molar-refractivity contribution >= 4 is 11.9 Å². The molecule has 0 aliphatic heterocycles. The molecule has 196 valence electrons. The monoisotopic (exact) mass is 468 g/mol. The fraction of sp³-hybridized carbons (Fsp3) is 0.931. The second kappa shape index (κ2) is 22.7. The summed E-state index contributed by atoms with van der Waals surface area (Å²) in [7, 11) is 0. The van der Waals surface area contributed by atoms with Crippen LogP contribution in [0.3, 0.4) is 0 Å². The minimum absolute atomic E-state index is 0.384. The summed E-state index contributed by atoms with van der Waals surface area (Å²) >= 11 is 0. The van der Waals surface area contributed by atoms with E-state index in [4.69, 9.17) is 9.47 Å². The lowest BCUT2D eigenvalue weighted by atomic mass is 9.94. The Kier molecular flexibility index (Phi) is 22.0. The van der Waals surface area contributed by atoms with Crippen molar-refractivity contribution < 1.29 is 19.1 Å². The summed E-state index contributed by atoms with van der Waals surface area (Å²) in [4.78, 5) is 24.5. The molecule has 0 aliphatic rings. The number of carbonyl (C=O) groups is 2. The van der Waals surface area contributed by atoms with Gasteiger partial charge in [0.15, 0.2) is 5.41 Å². The van der Waals surface area contributed by atoms with E-state index in [1.807, 2.05) is 0 Å². The predicted octanol–water partition coefficient (Wildman–Crippen LogP) is 8.94. The Morgan fingerprint density at radius 3 is 1.00 bits per heavy atom. The first kappa shape index (κ1) is 31.9. The first-order valence-electron chi connectivity index (χ1n) is 14.3. The minimum atomic E-state index is -1.22. The fourth-order valence-electron chi connectivity index (χ4n) is 3.95. The van der Waals surface area contributed by atoms with Gasteiger partial charge in [-0.2, -0.15) is 0 Å². The number of hydrogen-bond acceptors (Lipinski definition) is 4. The van der Waals surface area contributed by atoms with Gasteiger partial charge in [0.1, 0.15) is 0 Å². The molecule has 0 aromatic carbocycles. The Hall–Kier alpha value is -1.06. The van der Waals surface area contributed by atoms with Crippen LogP contribution in [-0.2, 0) is 19.1 Å². The molecule has 0 amide bonds. The summed E-state index contributed by atoms with van der Waals surface area (Å²) < 4.78 is 10.6. The summed E-state index contributed by atoms with van der Waals surface area (Å²) in [6.45, 7) is 8.38. The van der Waals surface area contributed by atoms with Gasteiger partial charge in [-0.05, 0) is 26.7 Å². The largest absolute Gasteiger partial charge is 0.465 e. The Morgan fingerprint density at radius 2 is 0.697 bits per heavy atom. The molecular formula is C29H56O4. The minimum Gasteiger partial charge on any atom is -0.465 e. The highest BCUT2D eigenvalue weighted by atomic mass is 16.6. The lowest BCUT2D eigenvalue weighted by Gasteiger charge is -2.20. The molecule has 0 N–H and O–H groups in total. The van der Waals surface area contributed by atoms with Gasteiger partial charge in [0.05, 0.1) is 13.2 Å². The van der Waals surface area contributed by atoms with Crippen molar-refractivity contribution in [2.24, 2.45) is 5.41 Å². The molecular weight excluding hydrogens is 412 g/mol. The van der Waals surface area contributed by atoms with E-state index < -0.39 is 17.4 Å². The quantitative estimate of drug-likeness (QED) is 0.0805. The molecule has 0 atom stereocenters. The molecule has 0 saturated carbocycles. The van der Waals surface area contributed by atoms with Crippen LogP contribution in [-0.4, -0.2) is 25.2 Å². The molecule has 0 unspecified atom stereocenters. The third-order valence-electron chi connectivity index (χ3n) is 6.48. The molecule has 0 radical (unpaired) electrons. The third kappa shape index (κ3) is 19.0. The maximum Gasteiger partial charge on any atom is 0.322 e. The maximum absolute atomic E-state index is 12.3. The van der Waals surface area contributed by atoms with Gasteiger partial charge in [-0.25, -0.2) is 0 Å². The lowest BCUT2D eigenvalue weighted by Crippen LogP contribution is -2.37. The summed E-state index contributed by atoms with van der Waals surface area (Å²) in [6, 6.07) is 0. The van der Waals surface area contributed by atoms with Crippen molar-refractivity contribution in [2.75, 3.05) is 13.2 Å². The zero-order valence-electron chi connectivity index (χ0n) is 22.7. The molecule has 0 fully saturated rings. The number of carbonyl (C=O) groups excluding carboxylic acids is 2. The summed E-state index contributed by atoms with van der Waals surface area (Å²) in [6.07, 6.45) is 25.3. The molecule has 0 saturated heterocycles. The number of esters is 2. The summed E-state index contributed by atoms with van der Waals surface area (Å²) in [5.41, 5.74) is -1.22. The standard InChI is InChI=1S/C29H56O4/c1-5-7-9-11-12-13-14-15-16-17-18-19-20-21-22-24-26-33-28(31)29(3,4)27(30)32-25-23-10-8-6-2/h5-26H2,1-4H3. The number of hydrogen-bond donors (Lipinski definition) is 0. The van der Waals surface area contributed by atoms with E-state index in [2.05, 4.69) is 13.8 Å². The zero-order chi connectivity index (χ0) is 24.6. The molecule has 0 aliphatic carbocycles. The second-order valence-corrected chi connectivity index (χ2v) is 10.3. The van der Waals surface area contributed by atoms with E-state index in [1.54, 1.807) is 13.8 Å². The molecule has 0 bridgehead atoms. The third-order valence-corrected chi connectivity index (χ3v) is 6.48. The van der Waals surface area contributed by atoms with Crippen LogP contribution in [0.25, 0.3) is 0 Å². The van der Waals surface area contributed by atoms with E-state index in [9.17, 15) is 9.59 Å². The van der Waals surface area contributed by atoms with Crippen LogP contribution in [0.5, 0.6) is 0 Å². The van der Waals surface area contributed by atoms with Crippen LogP contribution in [0.15, 0.2) is 0 Å². The first-order valence-corrected chi connectivity index (χ1v) is 14.3. The highest BCUT2D eigenvalue weighted by molar-refractivity contribution is 5.99. The van der Waals surface area contributed by atoms with Crippen LogP contribution >= 0.6 is 0 Å². The predicted molar refractivity (Wildman–Crippen MR) is 139 cm³/mol. The number of rotatable bonds is 24. The van der Waals surface area contributed by atoms with Crippen molar-refractivity contribution in [2.45, 2.75) is 156 Å². The Balaban J connectivity index is 3.50. The van der Waals surface area contributed by atoms with Gasteiger partial charge in [0, 0.05) is 0 Å². The first-order chi connectivity index (χ1) is 16.0. The van der Waals surface area contributed by atoms with E-state index in [1.165, 1.54) is 89.9 Å². The molecule has 0 rings (SSSR count). The number of ether oxygens (including phenoxy) is 2. The van der Waals surface area contributed by atoms with Crippen LogP contribution in [0.1, 0.15) is 156 Å². The zero-order valence-corrected chi connectivity index (χ0v) is 22.7. The molecule has 0 spiro atoms. The van der Waals surface area contributed by atoms with E-state index >= 15 is 0 Å². The van der Waals surface area contributed by atoms with E-state index in [-0.39, 0.29) is 0 Å². The van der Waals surface area contributed by atoms with Crippen molar-refractivity contribution in [3.05, 3.63) is 0 Å². The molecule has 33 heavy (non-hydrogen) atoms. The highest BCUT2D eigenvalue weighted by Crippen LogP contribution is 2.20. The van der Waals surface area contributed by atoms with Crippen molar-refractivity contribution in [3.63, 3.8) is 0 Å². The second-order valence-electron chi connectivity index (χ2n) is 10.3. The van der Waals surface area contributed by atoms with Crippen LogP contribution < -0.4 is 0 Å². The number of unbranched alkanes of at least 4 members (excludes halogenated alkanes) is 18. The van der Waals surface area contributed by atoms with Gasteiger partial charge in [-0.3, -0.25) is 9.59 Å². The molecule has 4 heteroatoms. The van der Waals surface area contributed by atoms with Crippen molar-refractivity contribution in [1.29, 1.82) is 0 Å². The maximum atomic E-state index is 12.3. The lowest BCUT2D eigenvalue weighted by molar-refractivity contribution is -0.169. The van der Waals surface area contributed by atoms with Crippen LogP contribution in [0.2, 0.25) is 0 Å². The van der Waals surface area contributed by atoms with Gasteiger partial charge >= 0.3 is 11.9 Å². The highest BCUT2D eigenvalue weighted by Gasteiger charge is 2.39. The SMILES string of the molecule is CCCCCCCCCCCCCCCCCCOC(=O)C(C)(C)C(=O)OCCCCCC. The van der Waals surface area contributed by atoms with E-state index in [0.717, 1.165) is 38.5 Å². The Labute approximate surface area is 206 Å². The van der Waals surface area contributed by atoms with Gasteiger partial charge in [-0.15, -0.1) is 0 Å². The molecule has 0 aromatic heterocycles. The Bertz CT molecular complexity index is 459. The summed E-state index contributed by atoms with van der Waals surface area (Å²) in [5, 5.41) is 0. The van der Waals surface area contributed by atoms with Gasteiger partial charge in [-0.1, -0.05) is 129 Å². The topological polar surface area (TPSA) is 52.6 Å². The van der Waals surface area contributed by atoms with Crippen LogP contribution in [0.4, 0.5) is 0 Å². The average Bonchev–Trinajstić information content (AvgIpc) is 2.80. The van der Waals surface area contributed by atoms with Crippen LogP contribution in [0, 0.1) is 5.41 Å². The van der Waals surface area contributed by atoms with Gasteiger partial charge in [0.25, 0.3) is 0 Å².